The van der Waals surface area contributed by atoms with Crippen molar-refractivity contribution in [2.75, 3.05) is 42.0 Å². The molecule has 1 N–H and O–H groups in total. The fraction of sp³-hybridized carbons (Fsp3) is 0.409. The van der Waals surface area contributed by atoms with Gasteiger partial charge in [-0.1, -0.05) is 12.1 Å². The average molecular weight is 402 g/mol. The van der Waals surface area contributed by atoms with Gasteiger partial charge in [0.15, 0.2) is 17.5 Å². The number of hydrogen-bond acceptors (Lipinski definition) is 5. The third-order valence-corrected chi connectivity index (χ3v) is 4.45. The van der Waals surface area contributed by atoms with Crippen molar-refractivity contribution in [2.24, 2.45) is 4.99 Å². The summed E-state index contributed by atoms with van der Waals surface area (Å²) in [5.74, 6) is 3.50. The van der Waals surface area contributed by atoms with Crippen molar-refractivity contribution >= 4 is 5.96 Å². The van der Waals surface area contributed by atoms with E-state index in [1.54, 1.807) is 28.4 Å². The Hall–Kier alpha value is -3.09. The van der Waals surface area contributed by atoms with Crippen molar-refractivity contribution in [3.63, 3.8) is 0 Å². The van der Waals surface area contributed by atoms with Crippen molar-refractivity contribution < 1.29 is 18.9 Å². The molecule has 0 spiro atoms. The highest BCUT2D eigenvalue weighted by molar-refractivity contribution is 5.79. The van der Waals surface area contributed by atoms with Crippen molar-refractivity contribution in [1.29, 1.82) is 0 Å². The fourth-order valence-electron chi connectivity index (χ4n) is 3.07. The summed E-state index contributed by atoms with van der Waals surface area (Å²) in [6.07, 6.45) is 0. The number of nitrogens with one attached hydrogen (secondary N) is 1. The van der Waals surface area contributed by atoms with E-state index < -0.39 is 0 Å². The average Bonchev–Trinajstić information content (AvgIpc) is 2.75. The molecule has 2 rings (SSSR count). The molecule has 29 heavy (non-hydrogen) atoms. The Kier molecular flexibility index (Phi) is 8.45. The largest absolute Gasteiger partial charge is 0.494 e. The van der Waals surface area contributed by atoms with E-state index in [-0.39, 0.29) is 0 Å². The van der Waals surface area contributed by atoms with Crippen LogP contribution < -0.4 is 24.3 Å². The van der Waals surface area contributed by atoms with Gasteiger partial charge in [0.25, 0.3) is 0 Å². The number of aliphatic imine (C=N–C) groups is 1. The first kappa shape index (κ1) is 22.2. The normalized spacial score (nSPS) is 11.0. The van der Waals surface area contributed by atoms with Gasteiger partial charge >= 0.3 is 0 Å². The zero-order chi connectivity index (χ0) is 21.2. The predicted octanol–water partition coefficient (Wildman–Crippen LogP) is 3.32. The van der Waals surface area contributed by atoms with Crippen LogP contribution in [0, 0.1) is 0 Å². The zero-order valence-corrected chi connectivity index (χ0v) is 18.1. The maximum atomic E-state index is 5.55. The Morgan fingerprint density at radius 2 is 1.66 bits per heavy atom. The summed E-state index contributed by atoms with van der Waals surface area (Å²) in [6, 6.07) is 11.9. The minimum absolute atomic E-state index is 0.532. The Balaban J connectivity index is 2.06. The molecule has 0 aliphatic carbocycles. The molecule has 7 nitrogen and oxygen atoms in total. The monoisotopic (exact) mass is 401 g/mol. The summed E-state index contributed by atoms with van der Waals surface area (Å²) in [5, 5.41) is 3.38. The van der Waals surface area contributed by atoms with E-state index in [0.29, 0.717) is 30.4 Å². The molecule has 0 unspecified atom stereocenters. The Labute approximate surface area is 173 Å². The van der Waals surface area contributed by atoms with Crippen LogP contribution in [0.1, 0.15) is 18.1 Å². The van der Waals surface area contributed by atoms with Gasteiger partial charge in [-0.15, -0.1) is 0 Å². The lowest BCUT2D eigenvalue weighted by molar-refractivity contribution is 0.322. The summed E-state index contributed by atoms with van der Waals surface area (Å²) >= 11 is 0. The van der Waals surface area contributed by atoms with Crippen LogP contribution in [0.2, 0.25) is 0 Å². The highest BCUT2D eigenvalue weighted by Crippen LogP contribution is 2.39. The van der Waals surface area contributed by atoms with E-state index in [4.69, 9.17) is 18.9 Å². The summed E-state index contributed by atoms with van der Waals surface area (Å²) in [6.45, 7) is 3.89. The van der Waals surface area contributed by atoms with E-state index in [2.05, 4.69) is 27.3 Å². The highest BCUT2D eigenvalue weighted by atomic mass is 16.5. The summed E-state index contributed by atoms with van der Waals surface area (Å²) < 4.78 is 21.9. The van der Waals surface area contributed by atoms with E-state index in [0.717, 1.165) is 23.8 Å². The number of guanidine groups is 1. The molecule has 0 saturated carbocycles. The third kappa shape index (κ3) is 5.70. The molecular formula is C22H31N3O4. The van der Waals surface area contributed by atoms with Gasteiger partial charge in [0, 0.05) is 32.7 Å². The first-order valence-corrected chi connectivity index (χ1v) is 9.49. The van der Waals surface area contributed by atoms with Crippen LogP contribution in [0.4, 0.5) is 0 Å². The molecule has 0 fully saturated rings. The molecule has 0 radical (unpaired) electrons. The molecule has 0 aliphatic heterocycles. The number of rotatable bonds is 9. The summed E-state index contributed by atoms with van der Waals surface area (Å²) in [4.78, 5) is 6.45. The van der Waals surface area contributed by atoms with E-state index >= 15 is 0 Å². The molecule has 0 heterocycles. The van der Waals surface area contributed by atoms with Crippen LogP contribution >= 0.6 is 0 Å². The highest BCUT2D eigenvalue weighted by Gasteiger charge is 2.16. The SMILES string of the molecule is CCOc1ccc(CN(C)C(=NC)NCc2ccc(OC)c(OC)c2OC)cc1. The van der Waals surface area contributed by atoms with E-state index in [1.807, 2.05) is 38.2 Å². The number of nitrogens with zero attached hydrogens (tertiary/aromatic N) is 2. The number of benzene rings is 2. The molecule has 0 atom stereocenters. The minimum Gasteiger partial charge on any atom is -0.494 e. The van der Waals surface area contributed by atoms with E-state index in [9.17, 15) is 0 Å². The number of hydrogen-bond donors (Lipinski definition) is 1. The molecule has 7 heteroatoms. The molecule has 0 aliphatic rings. The molecular weight excluding hydrogens is 370 g/mol. The van der Waals surface area contributed by atoms with Gasteiger partial charge in [-0.25, -0.2) is 0 Å². The summed E-state index contributed by atoms with van der Waals surface area (Å²) in [5.41, 5.74) is 2.11. The summed E-state index contributed by atoms with van der Waals surface area (Å²) in [7, 11) is 8.59. The molecule has 0 amide bonds. The van der Waals surface area contributed by atoms with Crippen LogP contribution in [0.5, 0.6) is 23.0 Å². The lowest BCUT2D eigenvalue weighted by atomic mass is 10.1. The molecule has 0 saturated heterocycles. The van der Waals surface area contributed by atoms with Crippen LogP contribution in [0.3, 0.4) is 0 Å². The first-order valence-electron chi connectivity index (χ1n) is 9.49. The van der Waals surface area contributed by atoms with Crippen LogP contribution in [0.15, 0.2) is 41.4 Å². The van der Waals surface area contributed by atoms with Crippen LogP contribution in [-0.4, -0.2) is 52.9 Å². The molecule has 158 valence electrons. The smallest absolute Gasteiger partial charge is 0.203 e. The fourth-order valence-corrected chi connectivity index (χ4v) is 3.07. The van der Waals surface area contributed by atoms with Gasteiger partial charge in [-0.3, -0.25) is 4.99 Å². The zero-order valence-electron chi connectivity index (χ0n) is 18.1. The molecule has 2 aromatic rings. The van der Waals surface area contributed by atoms with Crippen molar-refractivity contribution in [1.82, 2.24) is 10.2 Å². The molecule has 0 bridgehead atoms. The predicted molar refractivity (Wildman–Crippen MR) is 115 cm³/mol. The minimum atomic E-state index is 0.532. The van der Waals surface area contributed by atoms with Crippen LogP contribution in [0.25, 0.3) is 0 Å². The van der Waals surface area contributed by atoms with Crippen molar-refractivity contribution in [2.45, 2.75) is 20.0 Å². The van der Waals surface area contributed by atoms with Gasteiger partial charge in [0.05, 0.1) is 27.9 Å². The Morgan fingerprint density at radius 3 is 2.21 bits per heavy atom. The van der Waals surface area contributed by atoms with Crippen LogP contribution in [-0.2, 0) is 13.1 Å². The maximum absolute atomic E-state index is 5.55. The van der Waals surface area contributed by atoms with Gasteiger partial charge in [0.1, 0.15) is 5.75 Å². The van der Waals surface area contributed by atoms with Gasteiger partial charge in [0.2, 0.25) is 5.75 Å². The Bertz CT molecular complexity index is 806. The maximum Gasteiger partial charge on any atom is 0.203 e. The lowest BCUT2D eigenvalue weighted by Gasteiger charge is -2.23. The van der Waals surface area contributed by atoms with Gasteiger partial charge in [-0.05, 0) is 36.8 Å². The first-order chi connectivity index (χ1) is 14.1. The lowest BCUT2D eigenvalue weighted by Crippen LogP contribution is -2.38. The molecule has 0 aromatic heterocycles. The number of ether oxygens (including phenoxy) is 4. The molecule has 2 aromatic carbocycles. The standard InChI is InChI=1S/C22H31N3O4/c1-7-29-18-11-8-16(9-12-18)15-25(3)22(23-2)24-14-17-10-13-19(26-4)21(28-6)20(17)27-5/h8-13H,7,14-15H2,1-6H3,(H,23,24). The van der Waals surface area contributed by atoms with Gasteiger partial charge in [-0.2, -0.15) is 0 Å². The second kappa shape index (κ2) is 11.0. The van der Waals surface area contributed by atoms with Gasteiger partial charge < -0.3 is 29.2 Å². The van der Waals surface area contributed by atoms with E-state index in [1.165, 1.54) is 5.56 Å². The number of methoxy groups -OCH3 is 3. The second-order valence-electron chi connectivity index (χ2n) is 6.33. The topological polar surface area (TPSA) is 64.6 Å². The van der Waals surface area contributed by atoms with Crippen molar-refractivity contribution in [3.05, 3.63) is 47.5 Å². The van der Waals surface area contributed by atoms with Crippen molar-refractivity contribution in [3.8, 4) is 23.0 Å². The third-order valence-electron chi connectivity index (χ3n) is 4.45. The quantitative estimate of drug-likeness (QED) is 0.514. The Morgan fingerprint density at radius 1 is 0.966 bits per heavy atom. The second-order valence-corrected chi connectivity index (χ2v) is 6.33.